The number of thioether (sulfide) groups is 1. The maximum atomic E-state index is 12.1. The van der Waals surface area contributed by atoms with Gasteiger partial charge in [-0.2, -0.15) is 0 Å². The minimum absolute atomic E-state index is 0.0350. The zero-order chi connectivity index (χ0) is 19.4. The molecule has 3 rings (SSSR count). The molecule has 10 heteroatoms. The molecule has 3 aromatic rings. The number of nitrogens with zero attached hydrogens (tertiary/aromatic N) is 4. The van der Waals surface area contributed by atoms with Crippen molar-refractivity contribution in [2.45, 2.75) is 12.1 Å². The number of benzene rings is 2. The predicted octanol–water partition coefficient (Wildman–Crippen LogP) is 3.87. The van der Waals surface area contributed by atoms with Crippen molar-refractivity contribution in [3.63, 3.8) is 0 Å². The van der Waals surface area contributed by atoms with E-state index in [9.17, 15) is 14.9 Å². The highest BCUT2D eigenvalue weighted by Gasteiger charge is 2.12. The van der Waals surface area contributed by atoms with Crippen LogP contribution < -0.4 is 5.32 Å². The van der Waals surface area contributed by atoms with E-state index in [1.807, 2.05) is 19.1 Å². The van der Waals surface area contributed by atoms with Crippen molar-refractivity contribution >= 4 is 40.6 Å². The first-order chi connectivity index (χ1) is 12.9. The second-order valence-electron chi connectivity index (χ2n) is 5.56. The average molecular weight is 404 g/mol. The molecule has 1 N–H and O–H groups in total. The van der Waals surface area contributed by atoms with Crippen LogP contribution in [0.3, 0.4) is 0 Å². The summed E-state index contributed by atoms with van der Waals surface area (Å²) in [6.45, 7) is 1.91. The van der Waals surface area contributed by atoms with E-state index in [0.29, 0.717) is 15.9 Å². The Labute approximate surface area is 163 Å². The van der Waals surface area contributed by atoms with Crippen LogP contribution in [0.4, 0.5) is 11.4 Å². The molecule has 0 atom stereocenters. The van der Waals surface area contributed by atoms with Crippen molar-refractivity contribution in [1.82, 2.24) is 14.8 Å². The monoisotopic (exact) mass is 403 g/mol. The molecule has 0 bridgehead atoms. The summed E-state index contributed by atoms with van der Waals surface area (Å²) in [5, 5.41) is 22.4. The fourth-order valence-electron chi connectivity index (χ4n) is 2.23. The van der Waals surface area contributed by atoms with Gasteiger partial charge in [0.05, 0.1) is 16.4 Å². The van der Waals surface area contributed by atoms with E-state index in [0.717, 1.165) is 11.3 Å². The van der Waals surface area contributed by atoms with Gasteiger partial charge in [0.25, 0.3) is 5.69 Å². The summed E-state index contributed by atoms with van der Waals surface area (Å²) < 4.78 is 1.75. The molecule has 1 amide bonds. The number of non-ortho nitro benzene ring substituents is 1. The third-order valence-electron chi connectivity index (χ3n) is 3.64. The quantitative estimate of drug-likeness (QED) is 0.380. The molecular weight excluding hydrogens is 390 g/mol. The summed E-state index contributed by atoms with van der Waals surface area (Å²) in [6, 6.07) is 11.2. The number of halogens is 1. The molecule has 0 fully saturated rings. The van der Waals surface area contributed by atoms with E-state index in [1.54, 1.807) is 17.0 Å². The summed E-state index contributed by atoms with van der Waals surface area (Å²) in [5.74, 6) is -0.153. The van der Waals surface area contributed by atoms with E-state index < -0.39 is 4.92 Å². The van der Waals surface area contributed by atoms with Crippen LogP contribution in [0.1, 0.15) is 5.56 Å². The van der Waals surface area contributed by atoms with E-state index in [1.165, 1.54) is 36.0 Å². The SMILES string of the molecule is Cc1ccc(-n2cnnc2SCC(=O)Nc2ccc([N+](=O)[O-])cc2)cc1Cl. The molecule has 0 saturated heterocycles. The van der Waals surface area contributed by atoms with Gasteiger partial charge >= 0.3 is 0 Å². The molecule has 27 heavy (non-hydrogen) atoms. The molecule has 0 saturated carbocycles. The minimum atomic E-state index is -0.494. The normalized spacial score (nSPS) is 10.6. The highest BCUT2D eigenvalue weighted by molar-refractivity contribution is 7.99. The van der Waals surface area contributed by atoms with E-state index in [4.69, 9.17) is 11.6 Å². The highest BCUT2D eigenvalue weighted by atomic mass is 35.5. The Hall–Kier alpha value is -2.91. The number of rotatable bonds is 6. The van der Waals surface area contributed by atoms with E-state index in [-0.39, 0.29) is 17.3 Å². The highest BCUT2D eigenvalue weighted by Crippen LogP contribution is 2.24. The first-order valence-corrected chi connectivity index (χ1v) is 9.14. The summed E-state index contributed by atoms with van der Waals surface area (Å²) in [7, 11) is 0. The fraction of sp³-hybridized carbons (Fsp3) is 0.118. The predicted molar refractivity (Wildman–Crippen MR) is 104 cm³/mol. The fourth-order valence-corrected chi connectivity index (χ4v) is 3.13. The second-order valence-corrected chi connectivity index (χ2v) is 6.91. The van der Waals surface area contributed by atoms with Crippen LogP contribution in [0.2, 0.25) is 5.02 Å². The van der Waals surface area contributed by atoms with Gasteiger partial charge in [0.2, 0.25) is 5.91 Å². The Kier molecular flexibility index (Phi) is 5.72. The lowest BCUT2D eigenvalue weighted by Gasteiger charge is -2.08. The van der Waals surface area contributed by atoms with Gasteiger partial charge in [-0.3, -0.25) is 19.5 Å². The largest absolute Gasteiger partial charge is 0.325 e. The molecule has 0 radical (unpaired) electrons. The molecule has 138 valence electrons. The van der Waals surface area contributed by atoms with Crippen LogP contribution in [0, 0.1) is 17.0 Å². The summed E-state index contributed by atoms with van der Waals surface area (Å²) in [5.41, 5.74) is 2.21. The zero-order valence-corrected chi connectivity index (χ0v) is 15.7. The van der Waals surface area contributed by atoms with Crippen molar-refractivity contribution in [3.05, 3.63) is 69.5 Å². The van der Waals surface area contributed by atoms with E-state index in [2.05, 4.69) is 15.5 Å². The Morgan fingerprint density at radius 1 is 1.30 bits per heavy atom. The number of hydrogen-bond donors (Lipinski definition) is 1. The maximum Gasteiger partial charge on any atom is 0.269 e. The van der Waals surface area contributed by atoms with Gasteiger partial charge in [0, 0.05) is 22.8 Å². The minimum Gasteiger partial charge on any atom is -0.325 e. The first kappa shape index (κ1) is 18.9. The van der Waals surface area contributed by atoms with Gasteiger partial charge < -0.3 is 5.32 Å². The number of nitro groups is 1. The molecular formula is C17H14ClN5O3S. The summed E-state index contributed by atoms with van der Waals surface area (Å²) in [4.78, 5) is 22.3. The van der Waals surface area contributed by atoms with Crippen molar-refractivity contribution in [2.24, 2.45) is 0 Å². The number of nitro benzene ring substituents is 1. The van der Waals surface area contributed by atoms with Crippen LogP contribution in [0.15, 0.2) is 53.9 Å². The lowest BCUT2D eigenvalue weighted by molar-refractivity contribution is -0.384. The van der Waals surface area contributed by atoms with Crippen LogP contribution in [0.5, 0.6) is 0 Å². The third-order valence-corrected chi connectivity index (χ3v) is 4.99. The number of carbonyl (C=O) groups is 1. The molecule has 0 aliphatic carbocycles. The molecule has 0 unspecified atom stereocenters. The standard InChI is InChI=1S/C17H14ClN5O3S/c1-11-2-5-14(8-15(11)18)22-10-19-21-17(22)27-9-16(24)20-12-3-6-13(7-4-12)23(25)26/h2-8,10H,9H2,1H3,(H,20,24). The molecule has 0 aliphatic rings. The van der Waals surface area contributed by atoms with Crippen LogP contribution in [-0.2, 0) is 4.79 Å². The molecule has 0 spiro atoms. The average Bonchev–Trinajstić information content (AvgIpc) is 3.11. The number of anilines is 1. The smallest absolute Gasteiger partial charge is 0.269 e. The lowest BCUT2D eigenvalue weighted by Crippen LogP contribution is -2.14. The molecule has 1 aromatic heterocycles. The summed E-state index contributed by atoms with van der Waals surface area (Å²) in [6.07, 6.45) is 1.55. The van der Waals surface area contributed by atoms with Crippen molar-refractivity contribution in [3.8, 4) is 5.69 Å². The van der Waals surface area contributed by atoms with Crippen LogP contribution in [0.25, 0.3) is 5.69 Å². The first-order valence-electron chi connectivity index (χ1n) is 7.77. The van der Waals surface area contributed by atoms with Crippen molar-refractivity contribution < 1.29 is 9.72 Å². The molecule has 2 aromatic carbocycles. The van der Waals surface area contributed by atoms with Gasteiger partial charge in [-0.25, -0.2) is 0 Å². The molecule has 8 nitrogen and oxygen atoms in total. The van der Waals surface area contributed by atoms with Crippen molar-refractivity contribution in [1.29, 1.82) is 0 Å². The number of amides is 1. The van der Waals surface area contributed by atoms with E-state index >= 15 is 0 Å². The molecule has 0 aliphatic heterocycles. The maximum absolute atomic E-state index is 12.1. The lowest BCUT2D eigenvalue weighted by atomic mass is 10.2. The van der Waals surface area contributed by atoms with Gasteiger partial charge in [-0.1, -0.05) is 29.4 Å². The van der Waals surface area contributed by atoms with Gasteiger partial charge in [-0.15, -0.1) is 10.2 Å². The Balaban J connectivity index is 1.63. The van der Waals surface area contributed by atoms with Gasteiger partial charge in [-0.05, 0) is 36.8 Å². The Bertz CT molecular complexity index is 990. The van der Waals surface area contributed by atoms with Crippen LogP contribution in [-0.4, -0.2) is 31.3 Å². The number of hydrogen-bond acceptors (Lipinski definition) is 6. The van der Waals surface area contributed by atoms with Crippen molar-refractivity contribution in [2.75, 3.05) is 11.1 Å². The topological polar surface area (TPSA) is 103 Å². The van der Waals surface area contributed by atoms with Gasteiger partial charge in [0.15, 0.2) is 5.16 Å². The number of aromatic nitrogens is 3. The number of carbonyl (C=O) groups excluding carboxylic acids is 1. The Morgan fingerprint density at radius 3 is 2.70 bits per heavy atom. The van der Waals surface area contributed by atoms with Crippen LogP contribution >= 0.6 is 23.4 Å². The Morgan fingerprint density at radius 2 is 2.04 bits per heavy atom. The number of aryl methyl sites for hydroxylation is 1. The summed E-state index contributed by atoms with van der Waals surface area (Å²) >= 11 is 7.38. The third kappa shape index (κ3) is 4.63. The number of nitrogens with one attached hydrogen (secondary N) is 1. The molecule has 1 heterocycles. The van der Waals surface area contributed by atoms with Gasteiger partial charge in [0.1, 0.15) is 6.33 Å². The zero-order valence-electron chi connectivity index (χ0n) is 14.1. The second kappa shape index (κ2) is 8.19.